The Hall–Kier alpha value is -2.88. The Morgan fingerprint density at radius 1 is 1.04 bits per heavy atom. The number of hydrogen-bond donors (Lipinski definition) is 0. The third kappa shape index (κ3) is 3.16. The second kappa shape index (κ2) is 6.48. The van der Waals surface area contributed by atoms with Crippen molar-refractivity contribution in [3.8, 4) is 28.3 Å². The van der Waals surface area contributed by atoms with Crippen LogP contribution in [0.2, 0.25) is 0 Å². The number of carbonyl (C=O) groups excluding carboxylic acids is 1. The fraction of sp³-hybridized carbons (Fsp3) is 0.158. The van der Waals surface area contributed by atoms with Gasteiger partial charge < -0.3 is 9.26 Å². The van der Waals surface area contributed by atoms with Gasteiger partial charge in [-0.15, -0.1) is 0 Å². The molecule has 0 bridgehead atoms. The van der Waals surface area contributed by atoms with E-state index in [1.54, 1.807) is 12.1 Å². The molecule has 0 saturated carbocycles. The SMILES string of the molecule is CCc1c(-c2ccc(OC(C)=O)cc2)noc1-c1ccccc1. The molecule has 0 saturated heterocycles. The molecule has 116 valence electrons. The van der Waals surface area contributed by atoms with Crippen molar-refractivity contribution in [1.29, 1.82) is 0 Å². The Balaban J connectivity index is 1.97. The first-order valence-electron chi connectivity index (χ1n) is 7.52. The summed E-state index contributed by atoms with van der Waals surface area (Å²) in [6.07, 6.45) is 0.814. The van der Waals surface area contributed by atoms with E-state index in [0.717, 1.165) is 34.6 Å². The van der Waals surface area contributed by atoms with Crippen LogP contribution >= 0.6 is 0 Å². The standard InChI is InChI=1S/C19H17NO3/c1-3-17-18(14-9-11-16(12-10-14)22-13(2)21)20-23-19(17)15-7-5-4-6-8-15/h4-12H,3H2,1-2H3. The summed E-state index contributed by atoms with van der Waals surface area (Å²) in [6.45, 7) is 3.46. The number of aromatic nitrogens is 1. The molecule has 0 fully saturated rings. The van der Waals surface area contributed by atoms with Crippen molar-refractivity contribution in [2.75, 3.05) is 0 Å². The zero-order valence-corrected chi connectivity index (χ0v) is 13.1. The molecule has 2 aromatic carbocycles. The Morgan fingerprint density at radius 2 is 1.74 bits per heavy atom. The summed E-state index contributed by atoms with van der Waals surface area (Å²) in [7, 11) is 0. The van der Waals surface area contributed by atoms with Crippen molar-refractivity contribution in [2.45, 2.75) is 20.3 Å². The van der Waals surface area contributed by atoms with Crippen molar-refractivity contribution in [2.24, 2.45) is 0 Å². The monoisotopic (exact) mass is 307 g/mol. The third-order valence-electron chi connectivity index (χ3n) is 3.57. The van der Waals surface area contributed by atoms with Crippen molar-refractivity contribution < 1.29 is 14.1 Å². The molecule has 3 rings (SSSR count). The van der Waals surface area contributed by atoms with Crippen LogP contribution in [0.5, 0.6) is 5.75 Å². The summed E-state index contributed by atoms with van der Waals surface area (Å²) in [5, 5.41) is 4.24. The van der Waals surface area contributed by atoms with E-state index < -0.39 is 0 Å². The summed E-state index contributed by atoms with van der Waals surface area (Å²) in [6, 6.07) is 17.2. The lowest BCUT2D eigenvalue weighted by molar-refractivity contribution is -0.131. The Labute approximate surface area is 134 Å². The highest BCUT2D eigenvalue weighted by molar-refractivity contribution is 5.73. The average molecular weight is 307 g/mol. The van der Waals surface area contributed by atoms with Crippen molar-refractivity contribution in [3.05, 3.63) is 60.2 Å². The number of nitrogens with zero attached hydrogens (tertiary/aromatic N) is 1. The summed E-state index contributed by atoms with van der Waals surface area (Å²) in [5.74, 6) is 0.984. The van der Waals surface area contributed by atoms with E-state index in [4.69, 9.17) is 9.26 Å². The van der Waals surface area contributed by atoms with E-state index >= 15 is 0 Å². The zero-order chi connectivity index (χ0) is 16.2. The molecule has 23 heavy (non-hydrogen) atoms. The highest BCUT2D eigenvalue weighted by atomic mass is 16.5. The lowest BCUT2D eigenvalue weighted by Gasteiger charge is -2.04. The summed E-state index contributed by atoms with van der Waals surface area (Å²) in [4.78, 5) is 11.0. The van der Waals surface area contributed by atoms with Crippen LogP contribution in [0.15, 0.2) is 59.1 Å². The summed E-state index contributed by atoms with van der Waals surface area (Å²) in [5.41, 5.74) is 3.83. The predicted octanol–water partition coefficient (Wildman–Crippen LogP) is 4.50. The maximum Gasteiger partial charge on any atom is 0.308 e. The van der Waals surface area contributed by atoms with Gasteiger partial charge in [-0.25, -0.2) is 0 Å². The quantitative estimate of drug-likeness (QED) is 0.526. The minimum atomic E-state index is -0.334. The van der Waals surface area contributed by atoms with E-state index in [0.29, 0.717) is 5.75 Å². The fourth-order valence-electron chi connectivity index (χ4n) is 2.53. The van der Waals surface area contributed by atoms with Gasteiger partial charge in [0.1, 0.15) is 11.4 Å². The molecule has 0 radical (unpaired) electrons. The number of esters is 1. The largest absolute Gasteiger partial charge is 0.427 e. The van der Waals surface area contributed by atoms with E-state index in [9.17, 15) is 4.79 Å². The van der Waals surface area contributed by atoms with Gasteiger partial charge in [0.2, 0.25) is 0 Å². The van der Waals surface area contributed by atoms with E-state index in [1.165, 1.54) is 6.92 Å². The molecule has 0 aliphatic rings. The molecule has 0 spiro atoms. The van der Waals surface area contributed by atoms with Crippen molar-refractivity contribution >= 4 is 5.97 Å². The van der Waals surface area contributed by atoms with Gasteiger partial charge in [-0.2, -0.15) is 0 Å². The Kier molecular flexibility index (Phi) is 4.24. The van der Waals surface area contributed by atoms with Gasteiger partial charge in [-0.1, -0.05) is 42.4 Å². The molecular formula is C19H17NO3. The van der Waals surface area contributed by atoms with E-state index in [1.807, 2.05) is 42.5 Å². The molecular weight excluding hydrogens is 290 g/mol. The van der Waals surface area contributed by atoms with Crippen LogP contribution in [0.25, 0.3) is 22.6 Å². The van der Waals surface area contributed by atoms with Gasteiger partial charge >= 0.3 is 5.97 Å². The lowest BCUT2D eigenvalue weighted by atomic mass is 10.0. The molecule has 4 nitrogen and oxygen atoms in total. The fourth-order valence-corrected chi connectivity index (χ4v) is 2.53. The van der Waals surface area contributed by atoms with Crippen LogP contribution in [0, 0.1) is 0 Å². The molecule has 4 heteroatoms. The first-order chi connectivity index (χ1) is 11.2. The normalized spacial score (nSPS) is 10.5. The second-order valence-electron chi connectivity index (χ2n) is 5.18. The Morgan fingerprint density at radius 3 is 2.35 bits per heavy atom. The smallest absolute Gasteiger partial charge is 0.308 e. The van der Waals surface area contributed by atoms with Gasteiger partial charge in [0, 0.05) is 23.6 Å². The van der Waals surface area contributed by atoms with Gasteiger partial charge in [0.15, 0.2) is 5.76 Å². The molecule has 0 amide bonds. The van der Waals surface area contributed by atoms with Gasteiger partial charge in [0.25, 0.3) is 0 Å². The number of hydrogen-bond acceptors (Lipinski definition) is 4. The predicted molar refractivity (Wildman–Crippen MR) is 88.1 cm³/mol. The first kappa shape index (κ1) is 15.0. The van der Waals surface area contributed by atoms with E-state index in [2.05, 4.69) is 12.1 Å². The number of benzene rings is 2. The third-order valence-corrected chi connectivity index (χ3v) is 3.57. The molecule has 3 aromatic rings. The molecule has 0 atom stereocenters. The van der Waals surface area contributed by atoms with Crippen LogP contribution in [0.3, 0.4) is 0 Å². The van der Waals surface area contributed by atoms with Crippen LogP contribution in [-0.2, 0) is 11.2 Å². The van der Waals surface area contributed by atoms with Crippen molar-refractivity contribution in [3.63, 3.8) is 0 Å². The highest BCUT2D eigenvalue weighted by Gasteiger charge is 2.17. The van der Waals surface area contributed by atoms with Crippen LogP contribution in [-0.4, -0.2) is 11.1 Å². The number of rotatable bonds is 4. The van der Waals surface area contributed by atoms with Gasteiger partial charge in [0.05, 0.1) is 0 Å². The lowest BCUT2D eigenvalue weighted by Crippen LogP contribution is -2.00. The maximum absolute atomic E-state index is 11.0. The second-order valence-corrected chi connectivity index (χ2v) is 5.18. The molecule has 0 N–H and O–H groups in total. The summed E-state index contributed by atoms with van der Waals surface area (Å²) < 4.78 is 10.6. The number of carbonyl (C=O) groups is 1. The van der Waals surface area contributed by atoms with Crippen LogP contribution in [0.1, 0.15) is 19.4 Å². The molecule has 1 aromatic heterocycles. The zero-order valence-electron chi connectivity index (χ0n) is 13.1. The highest BCUT2D eigenvalue weighted by Crippen LogP contribution is 2.33. The summed E-state index contributed by atoms with van der Waals surface area (Å²) >= 11 is 0. The van der Waals surface area contributed by atoms with E-state index in [-0.39, 0.29) is 5.97 Å². The maximum atomic E-state index is 11.0. The van der Waals surface area contributed by atoms with Crippen LogP contribution in [0.4, 0.5) is 0 Å². The van der Waals surface area contributed by atoms with Crippen molar-refractivity contribution in [1.82, 2.24) is 5.16 Å². The topological polar surface area (TPSA) is 52.3 Å². The molecule has 0 aliphatic carbocycles. The van der Waals surface area contributed by atoms with Crippen LogP contribution < -0.4 is 4.74 Å². The van der Waals surface area contributed by atoms with Gasteiger partial charge in [-0.05, 0) is 30.7 Å². The minimum absolute atomic E-state index is 0.334. The number of ether oxygens (including phenoxy) is 1. The minimum Gasteiger partial charge on any atom is -0.427 e. The van der Waals surface area contributed by atoms with Gasteiger partial charge in [-0.3, -0.25) is 4.79 Å². The molecule has 0 unspecified atom stereocenters. The Bertz CT molecular complexity index is 804. The molecule has 0 aliphatic heterocycles. The first-order valence-corrected chi connectivity index (χ1v) is 7.52. The average Bonchev–Trinajstić information content (AvgIpc) is 3.00. The molecule has 1 heterocycles.